The average molecular weight is 277 g/mol. The number of nitrogens with one attached hydrogen (secondary N) is 1. The molecule has 1 unspecified atom stereocenters. The summed E-state index contributed by atoms with van der Waals surface area (Å²) in [7, 11) is 0. The van der Waals surface area contributed by atoms with Crippen LogP contribution >= 0.6 is 0 Å². The van der Waals surface area contributed by atoms with E-state index in [0.717, 1.165) is 38.0 Å². The SMILES string of the molecule is NC1(C(=O)NCC2CCN(c3ccc(F)cc3)C2)CC1. The maximum Gasteiger partial charge on any atom is 0.240 e. The standard InChI is InChI=1S/C15H20FN3O/c16-12-1-3-13(4-2-12)19-8-5-11(10-19)9-18-14(20)15(17)6-7-15/h1-4,11H,5-10,17H2,(H,18,20). The van der Waals surface area contributed by atoms with Gasteiger partial charge in [-0.1, -0.05) is 0 Å². The van der Waals surface area contributed by atoms with Crippen LogP contribution in [0.2, 0.25) is 0 Å². The maximum absolute atomic E-state index is 12.9. The fourth-order valence-electron chi connectivity index (χ4n) is 2.66. The molecule has 4 nitrogen and oxygen atoms in total. The van der Waals surface area contributed by atoms with Crippen LogP contribution in [0, 0.1) is 11.7 Å². The second-order valence-corrected chi connectivity index (χ2v) is 5.94. The molecule has 1 saturated carbocycles. The molecule has 20 heavy (non-hydrogen) atoms. The third-order valence-electron chi connectivity index (χ3n) is 4.27. The molecule has 0 bridgehead atoms. The largest absolute Gasteiger partial charge is 0.371 e. The van der Waals surface area contributed by atoms with Crippen molar-refractivity contribution in [3.05, 3.63) is 30.1 Å². The second kappa shape index (κ2) is 5.05. The zero-order valence-corrected chi connectivity index (χ0v) is 11.4. The molecule has 1 aromatic carbocycles. The van der Waals surface area contributed by atoms with Crippen molar-refractivity contribution in [2.75, 3.05) is 24.5 Å². The van der Waals surface area contributed by atoms with Gasteiger partial charge in [0.2, 0.25) is 5.91 Å². The Balaban J connectivity index is 1.49. The summed E-state index contributed by atoms with van der Waals surface area (Å²) in [5.41, 5.74) is 6.30. The van der Waals surface area contributed by atoms with E-state index >= 15 is 0 Å². The summed E-state index contributed by atoms with van der Waals surface area (Å²) in [5.74, 6) is 0.207. The minimum Gasteiger partial charge on any atom is -0.371 e. The van der Waals surface area contributed by atoms with Crippen molar-refractivity contribution in [3.63, 3.8) is 0 Å². The molecule has 108 valence electrons. The molecule has 2 aliphatic rings. The molecule has 5 heteroatoms. The first-order valence-electron chi connectivity index (χ1n) is 7.14. The molecule has 1 amide bonds. The Morgan fingerprint density at radius 3 is 2.75 bits per heavy atom. The van der Waals surface area contributed by atoms with Crippen LogP contribution in [-0.4, -0.2) is 31.1 Å². The normalized spacial score (nSPS) is 23.7. The fourth-order valence-corrected chi connectivity index (χ4v) is 2.66. The van der Waals surface area contributed by atoms with Gasteiger partial charge in [0, 0.05) is 25.3 Å². The summed E-state index contributed by atoms with van der Waals surface area (Å²) in [6.45, 7) is 2.51. The molecule has 1 aliphatic heterocycles. The summed E-state index contributed by atoms with van der Waals surface area (Å²) < 4.78 is 12.9. The first-order valence-corrected chi connectivity index (χ1v) is 7.14. The van der Waals surface area contributed by atoms with Crippen LogP contribution in [0.1, 0.15) is 19.3 Å². The van der Waals surface area contributed by atoms with E-state index in [0.29, 0.717) is 12.5 Å². The number of rotatable bonds is 4. The van der Waals surface area contributed by atoms with Gasteiger partial charge in [-0.3, -0.25) is 4.79 Å². The van der Waals surface area contributed by atoms with Crippen molar-refractivity contribution in [1.29, 1.82) is 0 Å². The molecule has 1 saturated heterocycles. The molecule has 2 fully saturated rings. The highest BCUT2D eigenvalue weighted by molar-refractivity contribution is 5.88. The van der Waals surface area contributed by atoms with E-state index in [1.165, 1.54) is 12.1 Å². The maximum atomic E-state index is 12.9. The predicted octanol–water partition coefficient (Wildman–Crippen LogP) is 1.26. The van der Waals surface area contributed by atoms with Gasteiger partial charge in [0.15, 0.2) is 0 Å². The number of carbonyl (C=O) groups is 1. The fraction of sp³-hybridized carbons (Fsp3) is 0.533. The number of hydrogen-bond acceptors (Lipinski definition) is 3. The van der Waals surface area contributed by atoms with E-state index < -0.39 is 5.54 Å². The lowest BCUT2D eigenvalue weighted by Crippen LogP contribution is -2.44. The van der Waals surface area contributed by atoms with Crippen molar-refractivity contribution in [2.24, 2.45) is 11.7 Å². The van der Waals surface area contributed by atoms with E-state index in [1.807, 2.05) is 0 Å². The molecule has 1 aromatic rings. The van der Waals surface area contributed by atoms with Crippen LogP contribution in [0.5, 0.6) is 0 Å². The number of benzene rings is 1. The Morgan fingerprint density at radius 2 is 2.10 bits per heavy atom. The molecule has 0 spiro atoms. The summed E-state index contributed by atoms with van der Waals surface area (Å²) in [6, 6.07) is 6.57. The van der Waals surface area contributed by atoms with Crippen molar-refractivity contribution in [1.82, 2.24) is 5.32 Å². The zero-order chi connectivity index (χ0) is 14.2. The van der Waals surface area contributed by atoms with E-state index in [-0.39, 0.29) is 11.7 Å². The highest BCUT2D eigenvalue weighted by atomic mass is 19.1. The number of nitrogens with two attached hydrogens (primary N) is 1. The van der Waals surface area contributed by atoms with Gasteiger partial charge in [0.25, 0.3) is 0 Å². The second-order valence-electron chi connectivity index (χ2n) is 5.94. The van der Waals surface area contributed by atoms with Crippen molar-refractivity contribution in [2.45, 2.75) is 24.8 Å². The number of amides is 1. The lowest BCUT2D eigenvalue weighted by atomic mass is 10.1. The van der Waals surface area contributed by atoms with E-state index in [9.17, 15) is 9.18 Å². The number of nitrogens with zero attached hydrogens (tertiary/aromatic N) is 1. The molecular formula is C15H20FN3O. The van der Waals surface area contributed by atoms with Crippen LogP contribution in [0.15, 0.2) is 24.3 Å². The van der Waals surface area contributed by atoms with Crippen LogP contribution in [0.3, 0.4) is 0 Å². The smallest absolute Gasteiger partial charge is 0.240 e. The number of halogens is 1. The minimum atomic E-state index is -0.588. The Bertz CT molecular complexity index is 498. The molecule has 1 atom stereocenters. The van der Waals surface area contributed by atoms with Crippen molar-refractivity contribution < 1.29 is 9.18 Å². The first-order chi connectivity index (χ1) is 9.57. The predicted molar refractivity (Wildman–Crippen MR) is 75.9 cm³/mol. The third-order valence-corrected chi connectivity index (χ3v) is 4.27. The van der Waals surface area contributed by atoms with Gasteiger partial charge < -0.3 is 16.0 Å². The highest BCUT2D eigenvalue weighted by Gasteiger charge is 2.45. The van der Waals surface area contributed by atoms with Crippen molar-refractivity contribution >= 4 is 11.6 Å². The summed E-state index contributed by atoms with van der Waals surface area (Å²) in [4.78, 5) is 14.0. The van der Waals surface area contributed by atoms with Crippen LogP contribution in [0.25, 0.3) is 0 Å². The number of anilines is 1. The Labute approximate surface area is 118 Å². The topological polar surface area (TPSA) is 58.4 Å². The van der Waals surface area contributed by atoms with Gasteiger partial charge in [0.05, 0.1) is 5.54 Å². The number of hydrogen-bond donors (Lipinski definition) is 2. The van der Waals surface area contributed by atoms with E-state index in [4.69, 9.17) is 5.73 Å². The molecular weight excluding hydrogens is 257 g/mol. The van der Waals surface area contributed by atoms with Gasteiger partial charge in [-0.05, 0) is 49.4 Å². The zero-order valence-electron chi connectivity index (χ0n) is 11.4. The lowest BCUT2D eigenvalue weighted by Gasteiger charge is -2.19. The quantitative estimate of drug-likeness (QED) is 0.871. The summed E-state index contributed by atoms with van der Waals surface area (Å²) >= 11 is 0. The summed E-state index contributed by atoms with van der Waals surface area (Å²) in [6.07, 6.45) is 2.63. The summed E-state index contributed by atoms with van der Waals surface area (Å²) in [5, 5.41) is 2.96. The Morgan fingerprint density at radius 1 is 1.40 bits per heavy atom. The average Bonchev–Trinajstić information content (AvgIpc) is 3.03. The molecule has 1 aliphatic carbocycles. The van der Waals surface area contributed by atoms with Crippen LogP contribution < -0.4 is 16.0 Å². The van der Waals surface area contributed by atoms with Gasteiger partial charge in [-0.25, -0.2) is 4.39 Å². The van der Waals surface area contributed by atoms with Gasteiger partial charge in [-0.15, -0.1) is 0 Å². The minimum absolute atomic E-state index is 0.0160. The van der Waals surface area contributed by atoms with Crippen LogP contribution in [0.4, 0.5) is 10.1 Å². The molecule has 3 rings (SSSR count). The lowest BCUT2D eigenvalue weighted by molar-refractivity contribution is -0.123. The monoisotopic (exact) mass is 277 g/mol. The molecule has 3 N–H and O–H groups in total. The first kappa shape index (κ1) is 13.4. The van der Waals surface area contributed by atoms with E-state index in [2.05, 4.69) is 10.2 Å². The molecule has 0 radical (unpaired) electrons. The van der Waals surface area contributed by atoms with Crippen molar-refractivity contribution in [3.8, 4) is 0 Å². The Hall–Kier alpha value is -1.62. The molecule has 0 aromatic heterocycles. The third kappa shape index (κ3) is 2.77. The number of carbonyl (C=O) groups excluding carboxylic acids is 1. The van der Waals surface area contributed by atoms with Gasteiger partial charge >= 0.3 is 0 Å². The van der Waals surface area contributed by atoms with E-state index in [1.54, 1.807) is 12.1 Å². The highest BCUT2D eigenvalue weighted by Crippen LogP contribution is 2.32. The van der Waals surface area contributed by atoms with Crippen LogP contribution in [-0.2, 0) is 4.79 Å². The van der Waals surface area contributed by atoms with Gasteiger partial charge in [0.1, 0.15) is 5.82 Å². The molecule has 1 heterocycles. The Kier molecular flexibility index (Phi) is 3.38. The van der Waals surface area contributed by atoms with Gasteiger partial charge in [-0.2, -0.15) is 0 Å².